The number of nitrogens with one attached hydrogen (secondary N) is 2. The highest BCUT2D eigenvalue weighted by Gasteiger charge is 2.22. The van der Waals surface area contributed by atoms with Crippen LogP contribution in [-0.2, 0) is 0 Å². The third-order valence-electron chi connectivity index (χ3n) is 4.31. The summed E-state index contributed by atoms with van der Waals surface area (Å²) >= 11 is 0. The number of piperazine rings is 1. The molecule has 0 radical (unpaired) electrons. The Bertz CT molecular complexity index is 817. The van der Waals surface area contributed by atoms with Crippen LogP contribution in [0.3, 0.4) is 0 Å². The number of carbonyl (C=O) groups is 2. The van der Waals surface area contributed by atoms with E-state index in [1.807, 2.05) is 0 Å². The molecule has 27 heavy (non-hydrogen) atoms. The summed E-state index contributed by atoms with van der Waals surface area (Å²) in [6.07, 6.45) is 0. The Hall–Kier alpha value is -3.62. The first kappa shape index (κ1) is 18.2. The largest absolute Gasteiger partial charge is 0.368 e. The second-order valence-corrected chi connectivity index (χ2v) is 6.00. The van der Waals surface area contributed by atoms with Crippen molar-refractivity contribution in [2.75, 3.05) is 31.1 Å². The minimum Gasteiger partial charge on any atom is -0.368 e. The molecule has 3 rings (SSSR count). The minimum atomic E-state index is -0.435. The lowest BCUT2D eigenvalue weighted by Crippen LogP contribution is -2.55. The Morgan fingerprint density at radius 1 is 0.889 bits per heavy atom. The number of amides is 3. The summed E-state index contributed by atoms with van der Waals surface area (Å²) in [5, 5.41) is 10.7. The summed E-state index contributed by atoms with van der Waals surface area (Å²) in [6.45, 7) is 2.14. The van der Waals surface area contributed by atoms with Crippen LogP contribution in [0.4, 0.5) is 16.2 Å². The zero-order valence-electron chi connectivity index (χ0n) is 14.5. The molecule has 1 fully saturated rings. The maximum Gasteiger partial charge on any atom is 0.336 e. The van der Waals surface area contributed by atoms with Crippen LogP contribution in [0.1, 0.15) is 10.4 Å². The van der Waals surface area contributed by atoms with E-state index in [1.165, 1.54) is 12.1 Å². The monoisotopic (exact) mass is 369 g/mol. The molecule has 0 spiro atoms. The number of nitro benzene ring substituents is 1. The second kappa shape index (κ2) is 8.17. The van der Waals surface area contributed by atoms with E-state index in [9.17, 15) is 19.7 Å². The maximum absolute atomic E-state index is 12.2. The first-order chi connectivity index (χ1) is 13.0. The van der Waals surface area contributed by atoms with Crippen molar-refractivity contribution >= 4 is 23.3 Å². The first-order valence-corrected chi connectivity index (χ1v) is 8.44. The van der Waals surface area contributed by atoms with Crippen molar-refractivity contribution < 1.29 is 14.5 Å². The van der Waals surface area contributed by atoms with Crippen molar-refractivity contribution in [3.63, 3.8) is 0 Å². The van der Waals surface area contributed by atoms with E-state index in [-0.39, 0.29) is 17.6 Å². The zero-order chi connectivity index (χ0) is 19.2. The Balaban J connectivity index is 1.47. The van der Waals surface area contributed by atoms with Crippen LogP contribution in [0, 0.1) is 10.1 Å². The fraction of sp³-hybridized carbons (Fsp3) is 0.222. The van der Waals surface area contributed by atoms with Gasteiger partial charge in [0.15, 0.2) is 0 Å². The van der Waals surface area contributed by atoms with E-state index in [0.717, 1.165) is 5.69 Å². The third kappa shape index (κ3) is 4.51. The molecule has 1 aliphatic heterocycles. The summed E-state index contributed by atoms with van der Waals surface area (Å²) in [4.78, 5) is 38.1. The second-order valence-electron chi connectivity index (χ2n) is 6.00. The van der Waals surface area contributed by atoms with Crippen molar-refractivity contribution in [2.24, 2.45) is 0 Å². The van der Waals surface area contributed by atoms with Crippen molar-refractivity contribution in [3.8, 4) is 0 Å². The molecule has 1 saturated heterocycles. The third-order valence-corrected chi connectivity index (χ3v) is 4.31. The van der Waals surface area contributed by atoms with Gasteiger partial charge in [0.2, 0.25) is 0 Å². The zero-order valence-corrected chi connectivity index (χ0v) is 14.5. The van der Waals surface area contributed by atoms with Crippen molar-refractivity contribution in [1.82, 2.24) is 15.8 Å². The van der Waals surface area contributed by atoms with Crippen molar-refractivity contribution in [2.45, 2.75) is 0 Å². The number of hydrogen-bond acceptors (Lipinski definition) is 5. The van der Waals surface area contributed by atoms with Crippen LogP contribution in [0.2, 0.25) is 0 Å². The van der Waals surface area contributed by atoms with Gasteiger partial charge in [0.25, 0.3) is 11.6 Å². The van der Waals surface area contributed by atoms with Gasteiger partial charge in [-0.2, -0.15) is 0 Å². The van der Waals surface area contributed by atoms with Gasteiger partial charge in [-0.15, -0.1) is 0 Å². The summed E-state index contributed by atoms with van der Waals surface area (Å²) < 4.78 is 0. The number of anilines is 1. The number of non-ortho nitro benzene ring substituents is 1. The van der Waals surface area contributed by atoms with E-state index < -0.39 is 4.92 Å². The Labute approximate surface area is 155 Å². The van der Waals surface area contributed by atoms with E-state index in [2.05, 4.69) is 15.8 Å². The van der Waals surface area contributed by atoms with Gasteiger partial charge >= 0.3 is 6.03 Å². The molecule has 140 valence electrons. The minimum absolute atomic E-state index is 0.0471. The number of rotatable bonds is 3. The van der Waals surface area contributed by atoms with Crippen molar-refractivity contribution in [3.05, 3.63) is 70.3 Å². The van der Waals surface area contributed by atoms with Gasteiger partial charge in [-0.1, -0.05) is 18.2 Å². The maximum atomic E-state index is 12.2. The molecule has 3 amide bonds. The van der Waals surface area contributed by atoms with Crippen LogP contribution in [0.15, 0.2) is 54.6 Å². The topological polar surface area (TPSA) is 108 Å². The number of urea groups is 1. The van der Waals surface area contributed by atoms with Crippen LogP contribution in [0.25, 0.3) is 0 Å². The highest BCUT2D eigenvalue weighted by atomic mass is 16.6. The quantitative estimate of drug-likeness (QED) is 0.633. The van der Waals surface area contributed by atoms with Crippen LogP contribution in [-0.4, -0.2) is 47.9 Å². The highest BCUT2D eigenvalue weighted by molar-refractivity contribution is 5.95. The van der Waals surface area contributed by atoms with E-state index >= 15 is 0 Å². The molecule has 1 aliphatic rings. The molecule has 0 unspecified atom stereocenters. The summed E-state index contributed by atoms with van der Waals surface area (Å²) in [5.41, 5.74) is 6.20. The number of nitrogens with zero attached hydrogens (tertiary/aromatic N) is 3. The Kier molecular flexibility index (Phi) is 5.50. The van der Waals surface area contributed by atoms with Gasteiger partial charge in [0, 0.05) is 49.6 Å². The molecular weight excluding hydrogens is 350 g/mol. The molecule has 2 aromatic rings. The molecule has 1 heterocycles. The Morgan fingerprint density at radius 3 is 2.11 bits per heavy atom. The average Bonchev–Trinajstić information content (AvgIpc) is 2.72. The fourth-order valence-corrected chi connectivity index (χ4v) is 2.80. The van der Waals surface area contributed by atoms with E-state index in [4.69, 9.17) is 0 Å². The normalized spacial score (nSPS) is 13.8. The highest BCUT2D eigenvalue weighted by Crippen LogP contribution is 2.20. The Morgan fingerprint density at radius 2 is 1.52 bits per heavy atom. The van der Waals surface area contributed by atoms with Crippen LogP contribution >= 0.6 is 0 Å². The molecular formula is C18H19N5O4. The molecule has 0 atom stereocenters. The van der Waals surface area contributed by atoms with Gasteiger partial charge in [0.1, 0.15) is 0 Å². The number of benzene rings is 2. The number of nitro groups is 1. The SMILES string of the molecule is O=C(NNC(=O)N1CCN(c2ccc([N+](=O)[O-])cc2)CC1)c1ccccc1. The predicted molar refractivity (Wildman–Crippen MR) is 99.3 cm³/mol. The summed E-state index contributed by atoms with van der Waals surface area (Å²) in [7, 11) is 0. The van der Waals surface area contributed by atoms with Crippen LogP contribution < -0.4 is 15.8 Å². The number of hydrazine groups is 1. The number of hydrogen-bond donors (Lipinski definition) is 2. The molecule has 2 aromatic carbocycles. The van der Waals surface area contributed by atoms with E-state index in [0.29, 0.717) is 31.7 Å². The standard InChI is InChI=1S/C18H19N5O4/c24-17(14-4-2-1-3-5-14)19-20-18(25)22-12-10-21(11-13-22)15-6-8-16(9-7-15)23(26)27/h1-9H,10-13H2,(H,19,24)(H,20,25). The first-order valence-electron chi connectivity index (χ1n) is 8.44. The van der Waals surface area contributed by atoms with Gasteiger partial charge in [-0.25, -0.2) is 10.2 Å². The van der Waals surface area contributed by atoms with Crippen molar-refractivity contribution in [1.29, 1.82) is 0 Å². The van der Waals surface area contributed by atoms with Gasteiger partial charge < -0.3 is 9.80 Å². The lowest BCUT2D eigenvalue weighted by Gasteiger charge is -2.35. The molecule has 0 saturated carbocycles. The molecule has 2 N–H and O–H groups in total. The molecule has 0 aromatic heterocycles. The van der Waals surface area contributed by atoms with Gasteiger partial charge in [0.05, 0.1) is 4.92 Å². The summed E-state index contributed by atoms with van der Waals surface area (Å²) in [5.74, 6) is -0.381. The number of carbonyl (C=O) groups excluding carboxylic acids is 2. The molecule has 0 aliphatic carbocycles. The lowest BCUT2D eigenvalue weighted by atomic mass is 10.2. The van der Waals surface area contributed by atoms with Gasteiger partial charge in [-0.3, -0.25) is 20.3 Å². The van der Waals surface area contributed by atoms with Gasteiger partial charge in [-0.05, 0) is 24.3 Å². The lowest BCUT2D eigenvalue weighted by molar-refractivity contribution is -0.384. The molecule has 0 bridgehead atoms. The van der Waals surface area contributed by atoms with Crippen LogP contribution in [0.5, 0.6) is 0 Å². The smallest absolute Gasteiger partial charge is 0.336 e. The molecule has 9 nitrogen and oxygen atoms in total. The average molecular weight is 369 g/mol. The fourth-order valence-electron chi connectivity index (χ4n) is 2.80. The predicted octanol–water partition coefficient (Wildman–Crippen LogP) is 1.77. The summed E-state index contributed by atoms with van der Waals surface area (Å²) in [6, 6.07) is 14.6. The van der Waals surface area contributed by atoms with E-state index in [1.54, 1.807) is 47.4 Å². The molecule has 9 heteroatoms.